The van der Waals surface area contributed by atoms with Gasteiger partial charge in [-0.25, -0.2) is 4.79 Å². The Kier molecular flexibility index (Phi) is 4.57. The Morgan fingerprint density at radius 1 is 1.22 bits per heavy atom. The Morgan fingerprint density at radius 3 is 2.91 bits per heavy atom. The molecule has 0 spiro atoms. The molecule has 0 aliphatic rings. The van der Waals surface area contributed by atoms with Crippen LogP contribution in [0.2, 0.25) is 0 Å². The molecular weight excluding hydrogens is 356 g/mol. The number of nitrogens with one attached hydrogen (secondary N) is 1. The third kappa shape index (κ3) is 3.51. The SMILES string of the molecule is CCOC(=O)c1cccc(Nc2ccnc3ccc(Br)cc23)c1. The highest BCUT2D eigenvalue weighted by molar-refractivity contribution is 9.10. The summed E-state index contributed by atoms with van der Waals surface area (Å²) in [7, 11) is 0. The minimum Gasteiger partial charge on any atom is -0.462 e. The van der Waals surface area contributed by atoms with Gasteiger partial charge in [0.05, 0.1) is 17.7 Å². The average molecular weight is 371 g/mol. The molecule has 4 nitrogen and oxygen atoms in total. The lowest BCUT2D eigenvalue weighted by Gasteiger charge is -2.11. The van der Waals surface area contributed by atoms with Crippen molar-refractivity contribution in [1.82, 2.24) is 4.98 Å². The Hall–Kier alpha value is -2.40. The second-order valence-electron chi connectivity index (χ2n) is 4.95. The molecule has 2 aromatic carbocycles. The zero-order chi connectivity index (χ0) is 16.2. The van der Waals surface area contributed by atoms with Gasteiger partial charge in [0, 0.05) is 27.4 Å². The lowest BCUT2D eigenvalue weighted by atomic mass is 10.1. The molecule has 3 rings (SSSR count). The monoisotopic (exact) mass is 370 g/mol. The van der Waals surface area contributed by atoms with Crippen LogP contribution in [-0.2, 0) is 4.74 Å². The molecular formula is C18H15BrN2O2. The molecule has 0 bridgehead atoms. The first-order chi connectivity index (χ1) is 11.2. The number of hydrogen-bond acceptors (Lipinski definition) is 4. The topological polar surface area (TPSA) is 51.2 Å². The van der Waals surface area contributed by atoms with Crippen molar-refractivity contribution in [2.75, 3.05) is 11.9 Å². The van der Waals surface area contributed by atoms with Gasteiger partial charge < -0.3 is 10.1 Å². The van der Waals surface area contributed by atoms with E-state index < -0.39 is 0 Å². The van der Waals surface area contributed by atoms with Gasteiger partial charge >= 0.3 is 5.97 Å². The fraction of sp³-hybridized carbons (Fsp3) is 0.111. The molecule has 1 aromatic heterocycles. The van der Waals surface area contributed by atoms with E-state index >= 15 is 0 Å². The van der Waals surface area contributed by atoms with E-state index in [0.29, 0.717) is 12.2 Å². The predicted molar refractivity (Wildman–Crippen MR) is 95.1 cm³/mol. The molecule has 5 heteroatoms. The van der Waals surface area contributed by atoms with E-state index in [-0.39, 0.29) is 5.97 Å². The van der Waals surface area contributed by atoms with Gasteiger partial charge in [-0.05, 0) is 49.4 Å². The zero-order valence-corrected chi connectivity index (χ0v) is 14.1. The molecule has 23 heavy (non-hydrogen) atoms. The van der Waals surface area contributed by atoms with E-state index in [2.05, 4.69) is 26.2 Å². The maximum Gasteiger partial charge on any atom is 0.338 e. The van der Waals surface area contributed by atoms with Gasteiger partial charge in [0.25, 0.3) is 0 Å². The van der Waals surface area contributed by atoms with Crippen LogP contribution < -0.4 is 5.32 Å². The minimum atomic E-state index is -0.321. The van der Waals surface area contributed by atoms with Crippen LogP contribution in [0.15, 0.2) is 59.2 Å². The molecule has 0 saturated carbocycles. The summed E-state index contributed by atoms with van der Waals surface area (Å²) in [5.41, 5.74) is 3.18. The van der Waals surface area contributed by atoms with Crippen LogP contribution >= 0.6 is 15.9 Å². The third-order valence-electron chi connectivity index (χ3n) is 3.36. The highest BCUT2D eigenvalue weighted by Crippen LogP contribution is 2.28. The number of halogens is 1. The summed E-state index contributed by atoms with van der Waals surface area (Å²) in [4.78, 5) is 16.2. The van der Waals surface area contributed by atoms with Crippen LogP contribution in [0.25, 0.3) is 10.9 Å². The zero-order valence-electron chi connectivity index (χ0n) is 12.5. The summed E-state index contributed by atoms with van der Waals surface area (Å²) < 4.78 is 6.02. The molecule has 0 amide bonds. The van der Waals surface area contributed by atoms with Crippen molar-refractivity contribution in [2.45, 2.75) is 6.92 Å². The Balaban J connectivity index is 1.95. The molecule has 1 heterocycles. The van der Waals surface area contributed by atoms with Crippen molar-refractivity contribution in [2.24, 2.45) is 0 Å². The van der Waals surface area contributed by atoms with Crippen molar-refractivity contribution in [3.05, 3.63) is 64.8 Å². The number of anilines is 2. The van der Waals surface area contributed by atoms with E-state index in [1.54, 1.807) is 25.3 Å². The first kappa shape index (κ1) is 15.5. The van der Waals surface area contributed by atoms with E-state index in [0.717, 1.165) is 26.8 Å². The number of carbonyl (C=O) groups excluding carboxylic acids is 1. The van der Waals surface area contributed by atoms with Crippen LogP contribution in [0.4, 0.5) is 11.4 Å². The van der Waals surface area contributed by atoms with Gasteiger partial charge in [-0.15, -0.1) is 0 Å². The number of aromatic nitrogens is 1. The van der Waals surface area contributed by atoms with E-state index in [4.69, 9.17) is 4.74 Å². The fourth-order valence-electron chi connectivity index (χ4n) is 2.32. The summed E-state index contributed by atoms with van der Waals surface area (Å²) in [6, 6.07) is 15.1. The first-order valence-corrected chi connectivity index (χ1v) is 8.05. The molecule has 116 valence electrons. The Labute approximate surface area is 142 Å². The van der Waals surface area contributed by atoms with Crippen LogP contribution in [0, 0.1) is 0 Å². The summed E-state index contributed by atoms with van der Waals surface area (Å²) >= 11 is 3.48. The van der Waals surface area contributed by atoms with Gasteiger partial charge in [-0.2, -0.15) is 0 Å². The fourth-order valence-corrected chi connectivity index (χ4v) is 2.68. The van der Waals surface area contributed by atoms with Crippen molar-refractivity contribution >= 4 is 44.2 Å². The summed E-state index contributed by atoms with van der Waals surface area (Å²) in [6.07, 6.45) is 1.76. The number of ether oxygens (including phenoxy) is 1. The lowest BCUT2D eigenvalue weighted by molar-refractivity contribution is 0.0526. The molecule has 0 unspecified atom stereocenters. The first-order valence-electron chi connectivity index (χ1n) is 7.26. The summed E-state index contributed by atoms with van der Waals surface area (Å²) in [5, 5.41) is 4.35. The lowest BCUT2D eigenvalue weighted by Crippen LogP contribution is -2.05. The van der Waals surface area contributed by atoms with Gasteiger partial charge in [0.15, 0.2) is 0 Å². The van der Waals surface area contributed by atoms with Crippen LogP contribution in [0.3, 0.4) is 0 Å². The van der Waals surface area contributed by atoms with Crippen LogP contribution in [-0.4, -0.2) is 17.6 Å². The number of nitrogens with zero attached hydrogens (tertiary/aromatic N) is 1. The Morgan fingerprint density at radius 2 is 2.09 bits per heavy atom. The van der Waals surface area contributed by atoms with Gasteiger partial charge in [-0.1, -0.05) is 22.0 Å². The smallest absolute Gasteiger partial charge is 0.338 e. The predicted octanol–water partition coefficient (Wildman–Crippen LogP) is 4.92. The second-order valence-corrected chi connectivity index (χ2v) is 5.86. The average Bonchev–Trinajstić information content (AvgIpc) is 2.56. The second kappa shape index (κ2) is 6.79. The maximum absolute atomic E-state index is 11.8. The van der Waals surface area contributed by atoms with Gasteiger partial charge in [-0.3, -0.25) is 4.98 Å². The minimum absolute atomic E-state index is 0.321. The summed E-state index contributed by atoms with van der Waals surface area (Å²) in [5.74, 6) is -0.321. The van der Waals surface area contributed by atoms with Gasteiger partial charge in [0.2, 0.25) is 0 Å². The maximum atomic E-state index is 11.8. The number of rotatable bonds is 4. The number of esters is 1. The highest BCUT2D eigenvalue weighted by atomic mass is 79.9. The van der Waals surface area contributed by atoms with Crippen LogP contribution in [0.1, 0.15) is 17.3 Å². The van der Waals surface area contributed by atoms with Crippen molar-refractivity contribution < 1.29 is 9.53 Å². The number of benzene rings is 2. The Bertz CT molecular complexity index is 865. The standard InChI is InChI=1S/C18H15BrN2O2/c1-2-23-18(22)12-4-3-5-14(10-12)21-17-8-9-20-16-7-6-13(19)11-15(16)17/h3-11H,2H2,1H3,(H,20,21). The number of carbonyl (C=O) groups is 1. The van der Waals surface area contributed by atoms with Crippen molar-refractivity contribution in [3.8, 4) is 0 Å². The molecule has 0 aliphatic heterocycles. The molecule has 0 atom stereocenters. The number of hydrogen-bond donors (Lipinski definition) is 1. The van der Waals surface area contributed by atoms with E-state index in [1.807, 2.05) is 36.4 Å². The normalized spacial score (nSPS) is 10.5. The van der Waals surface area contributed by atoms with Crippen LogP contribution in [0.5, 0.6) is 0 Å². The molecule has 0 aliphatic carbocycles. The van der Waals surface area contributed by atoms with Crippen molar-refractivity contribution in [3.63, 3.8) is 0 Å². The van der Waals surface area contributed by atoms with E-state index in [9.17, 15) is 4.79 Å². The molecule has 0 saturated heterocycles. The highest BCUT2D eigenvalue weighted by Gasteiger charge is 2.08. The quantitative estimate of drug-likeness (QED) is 0.662. The molecule has 0 fully saturated rings. The van der Waals surface area contributed by atoms with Gasteiger partial charge in [0.1, 0.15) is 0 Å². The summed E-state index contributed by atoms with van der Waals surface area (Å²) in [6.45, 7) is 2.15. The molecule has 0 radical (unpaired) electrons. The third-order valence-corrected chi connectivity index (χ3v) is 3.85. The number of pyridine rings is 1. The van der Waals surface area contributed by atoms with Crippen molar-refractivity contribution in [1.29, 1.82) is 0 Å². The number of fused-ring (bicyclic) bond motifs is 1. The largest absolute Gasteiger partial charge is 0.462 e. The molecule has 3 aromatic rings. The molecule has 1 N–H and O–H groups in total. The van der Waals surface area contributed by atoms with E-state index in [1.165, 1.54) is 0 Å².